The smallest absolute Gasteiger partial charge is 0.465 e. The Balaban J connectivity index is 1.73. The van der Waals surface area contributed by atoms with Gasteiger partial charge < -0.3 is 14.8 Å². The number of halogens is 4. The number of pyridine rings is 1. The second-order valence-corrected chi connectivity index (χ2v) is 9.35. The number of hydrogen-bond donors (Lipinski definition) is 1. The summed E-state index contributed by atoms with van der Waals surface area (Å²) in [6.07, 6.45) is -2.94. The van der Waals surface area contributed by atoms with Gasteiger partial charge in [-0.15, -0.1) is 29.6 Å². The molecule has 0 atom stereocenters. The number of esters is 1. The zero-order valence-corrected chi connectivity index (χ0v) is 20.8. The number of methoxy groups -OCH3 is 1. The maximum atomic E-state index is 14.0. The van der Waals surface area contributed by atoms with Crippen LogP contribution in [0, 0.1) is 11.7 Å². The highest BCUT2D eigenvalue weighted by atomic mass is 32.1. The number of alkyl halides is 3. The van der Waals surface area contributed by atoms with Gasteiger partial charge in [0.05, 0.1) is 12.8 Å². The predicted molar refractivity (Wildman–Crippen MR) is 131 cm³/mol. The number of rotatable bonds is 8. The van der Waals surface area contributed by atoms with Crippen molar-refractivity contribution in [1.29, 1.82) is 0 Å². The summed E-state index contributed by atoms with van der Waals surface area (Å²) in [4.78, 5) is 17.8. The maximum absolute atomic E-state index is 14.0. The topological polar surface area (TPSA) is 78.3 Å². The lowest BCUT2D eigenvalue weighted by molar-refractivity contribution is -0.275. The summed E-state index contributed by atoms with van der Waals surface area (Å²) in [5, 5.41) is 9.36. The van der Waals surface area contributed by atoms with Crippen LogP contribution in [-0.4, -0.2) is 34.2 Å². The van der Waals surface area contributed by atoms with Gasteiger partial charge in [0, 0.05) is 34.5 Å². The molecule has 12 heteroatoms. The van der Waals surface area contributed by atoms with Crippen LogP contribution in [0.25, 0.3) is 16.1 Å². The van der Waals surface area contributed by atoms with Crippen molar-refractivity contribution >= 4 is 28.9 Å². The molecule has 0 saturated heterocycles. The number of ether oxygens (including phenoxy) is 2. The van der Waals surface area contributed by atoms with Gasteiger partial charge in [0.25, 0.3) is 0 Å². The van der Waals surface area contributed by atoms with Crippen molar-refractivity contribution in [2.24, 2.45) is 5.92 Å². The predicted octanol–water partition coefficient (Wildman–Crippen LogP) is 6.76. The van der Waals surface area contributed by atoms with E-state index in [1.807, 2.05) is 31.4 Å². The number of carbonyl (C=O) groups excluding carboxylic acids is 1. The number of nitrogens with one attached hydrogen (secondary N) is 1. The molecule has 3 aromatic heterocycles. The van der Waals surface area contributed by atoms with Crippen LogP contribution in [-0.2, 0) is 11.2 Å². The second-order valence-electron chi connectivity index (χ2n) is 8.41. The van der Waals surface area contributed by atoms with Crippen molar-refractivity contribution < 1.29 is 31.8 Å². The summed E-state index contributed by atoms with van der Waals surface area (Å²) < 4.78 is 62.3. The molecule has 194 valence electrons. The molecule has 0 radical (unpaired) electrons. The first-order valence-electron chi connectivity index (χ1n) is 11.1. The molecule has 0 spiro atoms. The minimum atomic E-state index is -5.05. The molecule has 0 fully saturated rings. The lowest BCUT2D eigenvalue weighted by Gasteiger charge is -2.13. The SMILES string of the molecule is COC(=O)c1cc(-c2cccs2)cnc1Nc1cc(CC(C)C)n(-c2ccc(F)c(OC(F)(F)F)c2)n1. The van der Waals surface area contributed by atoms with Gasteiger partial charge in [-0.2, -0.15) is 0 Å². The van der Waals surface area contributed by atoms with Crippen molar-refractivity contribution in [2.75, 3.05) is 12.4 Å². The molecule has 0 saturated carbocycles. The Morgan fingerprint density at radius 3 is 2.62 bits per heavy atom. The third-order valence-corrected chi connectivity index (χ3v) is 6.05. The first kappa shape index (κ1) is 26.1. The fraction of sp³-hybridized carbons (Fsp3) is 0.240. The van der Waals surface area contributed by atoms with E-state index in [9.17, 15) is 22.4 Å². The molecule has 4 rings (SSSR count). The second kappa shape index (κ2) is 10.6. The van der Waals surface area contributed by atoms with Crippen LogP contribution in [0.5, 0.6) is 5.75 Å². The average molecular weight is 535 g/mol. The van der Waals surface area contributed by atoms with Gasteiger partial charge in [-0.3, -0.25) is 0 Å². The van der Waals surface area contributed by atoms with E-state index in [2.05, 4.69) is 20.1 Å². The summed E-state index contributed by atoms with van der Waals surface area (Å²) in [5.74, 6) is -2.10. The molecule has 0 aliphatic heterocycles. The lowest BCUT2D eigenvalue weighted by atomic mass is 10.1. The summed E-state index contributed by atoms with van der Waals surface area (Å²) in [6.45, 7) is 3.93. The van der Waals surface area contributed by atoms with Crippen molar-refractivity contribution in [3.63, 3.8) is 0 Å². The van der Waals surface area contributed by atoms with Crippen molar-refractivity contribution in [3.05, 3.63) is 71.1 Å². The minimum Gasteiger partial charge on any atom is -0.465 e. The van der Waals surface area contributed by atoms with Crippen LogP contribution in [0.4, 0.5) is 29.2 Å². The Kier molecular flexibility index (Phi) is 7.48. The molecule has 1 aromatic carbocycles. The van der Waals surface area contributed by atoms with E-state index in [4.69, 9.17) is 4.74 Å². The lowest BCUT2D eigenvalue weighted by Crippen LogP contribution is -2.18. The summed E-state index contributed by atoms with van der Waals surface area (Å²) in [6, 6.07) is 10.2. The Hall–Kier alpha value is -3.93. The van der Waals surface area contributed by atoms with Gasteiger partial charge in [-0.1, -0.05) is 19.9 Å². The first-order chi connectivity index (χ1) is 17.5. The fourth-order valence-electron chi connectivity index (χ4n) is 3.62. The molecular weight excluding hydrogens is 512 g/mol. The fourth-order valence-corrected chi connectivity index (χ4v) is 4.33. The minimum absolute atomic E-state index is 0.165. The quantitative estimate of drug-likeness (QED) is 0.199. The summed E-state index contributed by atoms with van der Waals surface area (Å²) >= 11 is 1.49. The van der Waals surface area contributed by atoms with Crippen LogP contribution in [0.2, 0.25) is 0 Å². The third kappa shape index (κ3) is 6.26. The number of anilines is 2. The van der Waals surface area contributed by atoms with E-state index in [-0.39, 0.29) is 28.8 Å². The number of aromatic nitrogens is 3. The highest BCUT2D eigenvalue weighted by Gasteiger charge is 2.32. The van der Waals surface area contributed by atoms with E-state index in [0.717, 1.165) is 22.6 Å². The van der Waals surface area contributed by atoms with Crippen molar-refractivity contribution in [3.8, 4) is 21.9 Å². The number of benzene rings is 1. The zero-order valence-electron chi connectivity index (χ0n) is 20.0. The Labute approximate surface area is 213 Å². The van der Waals surface area contributed by atoms with Gasteiger partial charge in [-0.05, 0) is 42.0 Å². The standard InChI is InChI=1S/C25H22F4N4O3S/c1-14(2)9-17-12-22(32-33(17)16-6-7-19(26)20(11-16)36-25(27,28)29)31-23-18(24(34)35-3)10-15(13-30-23)21-5-4-8-37-21/h4-8,10-14H,9H2,1-3H3,(H,30,31,32). The number of nitrogens with zero attached hydrogens (tertiary/aromatic N) is 3. The largest absolute Gasteiger partial charge is 0.573 e. The Bertz CT molecular complexity index is 1400. The molecule has 0 aliphatic carbocycles. The van der Waals surface area contributed by atoms with E-state index < -0.39 is 23.9 Å². The van der Waals surface area contributed by atoms with Gasteiger partial charge in [0.1, 0.15) is 11.4 Å². The molecule has 7 nitrogen and oxygen atoms in total. The van der Waals surface area contributed by atoms with Crippen LogP contribution in [0.3, 0.4) is 0 Å². The number of thiophene rings is 1. The van der Waals surface area contributed by atoms with E-state index in [1.165, 1.54) is 29.2 Å². The Morgan fingerprint density at radius 1 is 1.19 bits per heavy atom. The van der Waals surface area contributed by atoms with Crippen molar-refractivity contribution in [2.45, 2.75) is 26.6 Å². The molecule has 0 bridgehead atoms. The number of hydrogen-bond acceptors (Lipinski definition) is 7. The summed E-state index contributed by atoms with van der Waals surface area (Å²) in [7, 11) is 1.26. The first-order valence-corrected chi connectivity index (χ1v) is 12.0. The molecule has 0 unspecified atom stereocenters. The normalized spacial score (nSPS) is 11.6. The van der Waals surface area contributed by atoms with E-state index in [1.54, 1.807) is 18.3 Å². The van der Waals surface area contributed by atoms with Crippen LogP contribution < -0.4 is 10.1 Å². The monoisotopic (exact) mass is 534 g/mol. The van der Waals surface area contributed by atoms with Crippen LogP contribution in [0.1, 0.15) is 29.9 Å². The highest BCUT2D eigenvalue weighted by molar-refractivity contribution is 7.13. The molecule has 4 aromatic rings. The Morgan fingerprint density at radius 2 is 1.97 bits per heavy atom. The molecular formula is C25H22F4N4O3S. The molecule has 37 heavy (non-hydrogen) atoms. The van der Waals surface area contributed by atoms with Crippen LogP contribution >= 0.6 is 11.3 Å². The van der Waals surface area contributed by atoms with Crippen molar-refractivity contribution in [1.82, 2.24) is 14.8 Å². The molecule has 3 heterocycles. The highest BCUT2D eigenvalue weighted by Crippen LogP contribution is 2.31. The van der Waals surface area contributed by atoms with Crippen LogP contribution in [0.15, 0.2) is 54.0 Å². The zero-order chi connectivity index (χ0) is 26.7. The van der Waals surface area contributed by atoms with Gasteiger partial charge in [0.2, 0.25) is 0 Å². The van der Waals surface area contributed by atoms with Gasteiger partial charge in [-0.25, -0.2) is 18.9 Å². The van der Waals surface area contributed by atoms with Gasteiger partial charge in [0.15, 0.2) is 17.4 Å². The molecule has 0 aliphatic rings. The average Bonchev–Trinajstić information content (AvgIpc) is 3.50. The van der Waals surface area contributed by atoms with E-state index in [0.29, 0.717) is 12.1 Å². The molecule has 1 N–H and O–H groups in total. The summed E-state index contributed by atoms with van der Waals surface area (Å²) in [5.41, 5.74) is 1.71. The maximum Gasteiger partial charge on any atom is 0.573 e. The third-order valence-electron chi connectivity index (χ3n) is 5.13. The van der Waals surface area contributed by atoms with E-state index >= 15 is 0 Å². The molecule has 0 amide bonds. The number of carbonyl (C=O) groups is 1. The van der Waals surface area contributed by atoms with Gasteiger partial charge >= 0.3 is 12.3 Å².